The number of aromatic nitrogens is 1. The van der Waals surface area contributed by atoms with Crippen LogP contribution in [0.1, 0.15) is 31.0 Å². The number of esters is 1. The fourth-order valence-electron chi connectivity index (χ4n) is 4.33. The summed E-state index contributed by atoms with van der Waals surface area (Å²) < 4.78 is 29.8. The molecule has 0 saturated carbocycles. The summed E-state index contributed by atoms with van der Waals surface area (Å²) in [6, 6.07) is 8.08. The van der Waals surface area contributed by atoms with Gasteiger partial charge in [0.1, 0.15) is 0 Å². The summed E-state index contributed by atoms with van der Waals surface area (Å²) in [7, 11) is 6.15. The van der Waals surface area contributed by atoms with E-state index in [9.17, 15) is 9.59 Å². The number of thiazole rings is 1. The molecule has 0 bridgehead atoms. The lowest BCUT2D eigenvalue weighted by atomic mass is 9.95. The molecule has 0 saturated heterocycles. The zero-order chi connectivity index (χ0) is 27.6. The van der Waals surface area contributed by atoms with Gasteiger partial charge in [0.2, 0.25) is 0 Å². The maximum Gasteiger partial charge on any atom is 0.338 e. The summed E-state index contributed by atoms with van der Waals surface area (Å²) in [6.45, 7) is 3.64. The van der Waals surface area contributed by atoms with E-state index in [2.05, 4.69) is 20.9 Å². The van der Waals surface area contributed by atoms with Gasteiger partial charge in [-0.05, 0) is 43.7 Å². The molecular formula is C27H27BrN2O7S. The second-order valence-electron chi connectivity index (χ2n) is 8.11. The Kier molecular flexibility index (Phi) is 8.27. The standard InChI is InChI=1S/C27H27BrN2O7S/c1-7-37-26(32)22-14(2)29-27-30(23(22)16-12-19(34-4)20(35-5)13-17(16)28)25(31)21(38-27)11-15-9-8-10-18(33-3)24(15)36-6/h8-13,23H,7H2,1-6H3/b21-11-/t23-/m0/s1. The van der Waals surface area contributed by atoms with Crippen molar-refractivity contribution in [2.24, 2.45) is 4.99 Å². The van der Waals surface area contributed by atoms with Crippen molar-refractivity contribution in [3.63, 3.8) is 0 Å². The summed E-state index contributed by atoms with van der Waals surface area (Å²) in [6.07, 6.45) is 1.73. The minimum Gasteiger partial charge on any atom is -0.493 e. The van der Waals surface area contributed by atoms with E-state index in [1.807, 2.05) is 12.1 Å². The van der Waals surface area contributed by atoms with Gasteiger partial charge in [-0.25, -0.2) is 9.79 Å². The van der Waals surface area contributed by atoms with Crippen molar-refractivity contribution in [1.29, 1.82) is 0 Å². The molecule has 9 nitrogen and oxygen atoms in total. The SMILES string of the molecule is CCOC(=O)C1=C(C)N=c2s/c(=C\c3cccc(OC)c3OC)c(=O)n2[C@H]1c1cc(OC)c(OC)cc1Br. The van der Waals surface area contributed by atoms with Crippen LogP contribution in [0.4, 0.5) is 0 Å². The first-order chi connectivity index (χ1) is 18.3. The van der Waals surface area contributed by atoms with E-state index in [0.717, 1.165) is 0 Å². The average Bonchev–Trinajstić information content (AvgIpc) is 3.21. The maximum atomic E-state index is 13.9. The van der Waals surface area contributed by atoms with Gasteiger partial charge in [-0.15, -0.1) is 0 Å². The lowest BCUT2D eigenvalue weighted by molar-refractivity contribution is -0.139. The number of methoxy groups -OCH3 is 4. The summed E-state index contributed by atoms with van der Waals surface area (Å²) >= 11 is 4.82. The first-order valence-corrected chi connectivity index (χ1v) is 13.2. The minimum absolute atomic E-state index is 0.176. The number of rotatable bonds is 8. The summed E-state index contributed by atoms with van der Waals surface area (Å²) in [5, 5.41) is 0. The lowest BCUT2D eigenvalue weighted by Crippen LogP contribution is -2.40. The van der Waals surface area contributed by atoms with E-state index in [1.54, 1.807) is 52.3 Å². The van der Waals surface area contributed by atoms with E-state index >= 15 is 0 Å². The van der Waals surface area contributed by atoms with Crippen molar-refractivity contribution in [1.82, 2.24) is 4.57 Å². The topological polar surface area (TPSA) is 97.6 Å². The molecule has 0 N–H and O–H groups in total. The Bertz CT molecular complexity index is 1610. The van der Waals surface area contributed by atoms with Gasteiger partial charge in [0.25, 0.3) is 5.56 Å². The van der Waals surface area contributed by atoms with Crippen LogP contribution in [0.15, 0.2) is 55.9 Å². The Labute approximate surface area is 231 Å². The smallest absolute Gasteiger partial charge is 0.338 e. The van der Waals surface area contributed by atoms with Crippen molar-refractivity contribution in [2.75, 3.05) is 35.0 Å². The molecule has 11 heteroatoms. The van der Waals surface area contributed by atoms with Crippen LogP contribution in [-0.2, 0) is 9.53 Å². The first-order valence-electron chi connectivity index (χ1n) is 11.6. The predicted octanol–water partition coefficient (Wildman–Crippen LogP) is 3.60. The third-order valence-electron chi connectivity index (χ3n) is 6.03. The fourth-order valence-corrected chi connectivity index (χ4v) is 5.91. The highest BCUT2D eigenvalue weighted by Gasteiger charge is 2.35. The van der Waals surface area contributed by atoms with Gasteiger partial charge in [-0.2, -0.15) is 0 Å². The monoisotopic (exact) mass is 602 g/mol. The van der Waals surface area contributed by atoms with Gasteiger partial charge < -0.3 is 23.7 Å². The molecule has 0 aliphatic carbocycles. The van der Waals surface area contributed by atoms with Crippen molar-refractivity contribution in [2.45, 2.75) is 19.9 Å². The molecule has 4 rings (SSSR count). The minimum atomic E-state index is -0.825. The molecule has 1 atom stereocenters. The largest absolute Gasteiger partial charge is 0.493 e. The Balaban J connectivity index is 2.03. The second kappa shape index (κ2) is 11.4. The van der Waals surface area contributed by atoms with Gasteiger partial charge in [-0.3, -0.25) is 9.36 Å². The van der Waals surface area contributed by atoms with Gasteiger partial charge in [-0.1, -0.05) is 39.4 Å². The molecule has 1 aromatic heterocycles. The lowest BCUT2D eigenvalue weighted by Gasteiger charge is -2.26. The van der Waals surface area contributed by atoms with Crippen molar-refractivity contribution < 1.29 is 28.5 Å². The molecule has 0 spiro atoms. The molecule has 2 aromatic carbocycles. The average molecular weight is 603 g/mol. The maximum absolute atomic E-state index is 13.9. The van der Waals surface area contributed by atoms with Gasteiger partial charge >= 0.3 is 5.97 Å². The van der Waals surface area contributed by atoms with Gasteiger partial charge in [0.05, 0.1) is 56.9 Å². The van der Waals surface area contributed by atoms with E-state index in [1.165, 1.54) is 30.1 Å². The first kappa shape index (κ1) is 27.5. The van der Waals surface area contributed by atoms with E-state index < -0.39 is 12.0 Å². The summed E-state index contributed by atoms with van der Waals surface area (Å²) in [4.78, 5) is 32.2. The number of para-hydroxylation sites is 1. The molecule has 3 aromatic rings. The van der Waals surface area contributed by atoms with Crippen LogP contribution < -0.4 is 33.8 Å². The molecule has 0 amide bonds. The molecule has 38 heavy (non-hydrogen) atoms. The summed E-state index contributed by atoms with van der Waals surface area (Å²) in [5.41, 5.74) is 1.69. The Morgan fingerprint density at radius 3 is 2.39 bits per heavy atom. The van der Waals surface area contributed by atoms with Crippen LogP contribution >= 0.6 is 27.3 Å². The third kappa shape index (κ3) is 4.83. The van der Waals surface area contributed by atoms with Crippen LogP contribution in [0.25, 0.3) is 6.08 Å². The highest BCUT2D eigenvalue weighted by molar-refractivity contribution is 9.10. The van der Waals surface area contributed by atoms with Crippen molar-refractivity contribution >= 4 is 39.3 Å². The highest BCUT2D eigenvalue weighted by Crippen LogP contribution is 2.41. The van der Waals surface area contributed by atoms with Crippen molar-refractivity contribution in [3.05, 3.63) is 76.9 Å². The zero-order valence-corrected chi connectivity index (χ0v) is 24.2. The van der Waals surface area contributed by atoms with Crippen molar-refractivity contribution in [3.8, 4) is 23.0 Å². The number of carbonyl (C=O) groups excluding carboxylic acids is 1. The zero-order valence-electron chi connectivity index (χ0n) is 21.8. The number of fused-ring (bicyclic) bond motifs is 1. The van der Waals surface area contributed by atoms with Crippen LogP contribution in [0.5, 0.6) is 23.0 Å². The number of halogens is 1. The molecular weight excluding hydrogens is 576 g/mol. The van der Waals surface area contributed by atoms with Gasteiger partial charge in [0.15, 0.2) is 27.8 Å². The molecule has 0 radical (unpaired) electrons. The van der Waals surface area contributed by atoms with E-state index in [4.69, 9.17) is 23.7 Å². The van der Waals surface area contributed by atoms with Crippen LogP contribution in [0.2, 0.25) is 0 Å². The number of hydrogen-bond acceptors (Lipinski definition) is 9. The normalized spacial score (nSPS) is 15.0. The number of allylic oxidation sites excluding steroid dienone is 1. The molecule has 0 unspecified atom stereocenters. The third-order valence-corrected chi connectivity index (χ3v) is 7.70. The Morgan fingerprint density at radius 1 is 1.08 bits per heavy atom. The molecule has 1 aliphatic rings. The molecule has 0 fully saturated rings. The van der Waals surface area contributed by atoms with Gasteiger partial charge in [0, 0.05) is 10.0 Å². The Hall–Kier alpha value is -3.57. The van der Waals surface area contributed by atoms with Crippen LogP contribution in [0.3, 0.4) is 0 Å². The number of nitrogens with zero attached hydrogens (tertiary/aromatic N) is 2. The number of hydrogen-bond donors (Lipinski definition) is 0. The molecule has 2 heterocycles. The van der Waals surface area contributed by atoms with Crippen LogP contribution in [-0.4, -0.2) is 45.6 Å². The number of benzene rings is 2. The quantitative estimate of drug-likeness (QED) is 0.363. The van der Waals surface area contributed by atoms with E-state index in [-0.39, 0.29) is 17.7 Å². The second-order valence-corrected chi connectivity index (χ2v) is 9.98. The fraction of sp³-hybridized carbons (Fsp3) is 0.296. The predicted molar refractivity (Wildman–Crippen MR) is 147 cm³/mol. The van der Waals surface area contributed by atoms with Crippen LogP contribution in [0, 0.1) is 0 Å². The van der Waals surface area contributed by atoms with E-state index in [0.29, 0.717) is 53.6 Å². The number of carbonyl (C=O) groups is 1. The molecule has 200 valence electrons. The highest BCUT2D eigenvalue weighted by atomic mass is 79.9. The molecule has 1 aliphatic heterocycles. The Morgan fingerprint density at radius 2 is 1.76 bits per heavy atom. The number of ether oxygens (including phenoxy) is 5. The summed E-state index contributed by atoms with van der Waals surface area (Å²) in [5.74, 6) is 1.44.